The van der Waals surface area contributed by atoms with E-state index in [2.05, 4.69) is 13.8 Å². The fourth-order valence-corrected chi connectivity index (χ4v) is 9.64. The highest BCUT2D eigenvalue weighted by molar-refractivity contribution is 5.88. The lowest BCUT2D eigenvalue weighted by Crippen LogP contribution is -2.59. The molecule has 6 aliphatic rings. The van der Waals surface area contributed by atoms with Crippen LogP contribution in [-0.2, 0) is 16.1 Å². The summed E-state index contributed by atoms with van der Waals surface area (Å²) in [6, 6.07) is 10.2. The molecule has 0 aromatic heterocycles. The average Bonchev–Trinajstić information content (AvgIpc) is 2.99. The molecule has 4 saturated carbocycles. The highest BCUT2D eigenvalue weighted by Crippen LogP contribution is 2.70. The van der Waals surface area contributed by atoms with E-state index >= 15 is 0 Å². The minimum absolute atomic E-state index is 0.0803. The smallest absolute Gasteiger partial charge is 0.410 e. The van der Waals surface area contributed by atoms with E-state index in [4.69, 9.17) is 4.74 Å². The van der Waals surface area contributed by atoms with Crippen LogP contribution in [-0.4, -0.2) is 28.9 Å². The molecule has 0 radical (unpaired) electrons. The van der Waals surface area contributed by atoms with Gasteiger partial charge in [-0.15, -0.1) is 0 Å². The lowest BCUT2D eigenvalue weighted by molar-refractivity contribution is -0.173. The molecule has 1 aromatic rings. The van der Waals surface area contributed by atoms with Gasteiger partial charge in [-0.25, -0.2) is 4.79 Å². The molecule has 172 valence electrons. The van der Waals surface area contributed by atoms with Crippen molar-refractivity contribution in [2.24, 2.45) is 28.1 Å². The van der Waals surface area contributed by atoms with E-state index in [0.717, 1.165) is 56.4 Å². The van der Waals surface area contributed by atoms with E-state index in [0.29, 0.717) is 23.2 Å². The van der Waals surface area contributed by atoms with Gasteiger partial charge in [0.15, 0.2) is 0 Å². The minimum atomic E-state index is -0.193. The number of nitrogens with zero attached hydrogens (tertiary/aromatic N) is 1. The fraction of sp³-hybridized carbons (Fsp3) is 0.714. The van der Waals surface area contributed by atoms with Crippen molar-refractivity contribution in [3.63, 3.8) is 0 Å². The van der Waals surface area contributed by atoms with E-state index in [1.54, 1.807) is 0 Å². The molecule has 4 unspecified atom stereocenters. The number of carbonyl (C=O) groups excluding carboxylic acids is 2. The first-order chi connectivity index (χ1) is 15.3. The van der Waals surface area contributed by atoms with E-state index in [1.165, 1.54) is 19.3 Å². The summed E-state index contributed by atoms with van der Waals surface area (Å²) in [6.07, 6.45) is 10.8. The van der Waals surface area contributed by atoms with Crippen LogP contribution < -0.4 is 0 Å². The number of benzene rings is 1. The fourth-order valence-electron chi connectivity index (χ4n) is 9.64. The van der Waals surface area contributed by atoms with Crippen molar-refractivity contribution in [1.82, 2.24) is 4.90 Å². The summed E-state index contributed by atoms with van der Waals surface area (Å²) in [5.41, 5.74) is 1.67. The number of ether oxygens (including phenoxy) is 1. The lowest BCUT2D eigenvalue weighted by atomic mass is 9.39. The van der Waals surface area contributed by atoms with Crippen molar-refractivity contribution in [3.05, 3.63) is 35.9 Å². The van der Waals surface area contributed by atoms with E-state index in [9.17, 15) is 9.59 Å². The molecule has 1 amide bonds. The standard InChI is InChI=1S/C28H37NO3/c1-26-12-20-13-27(2,16-26)18-28(14-20,17-26)24(30)21-10-22-8-9-23(11-21)29(22)25(31)32-15-19-6-4-3-5-7-19/h3-7,20-23H,8-18H2,1-2H3. The molecular formula is C28H37NO3. The topological polar surface area (TPSA) is 46.6 Å². The van der Waals surface area contributed by atoms with Crippen molar-refractivity contribution in [2.75, 3.05) is 0 Å². The third-order valence-corrected chi connectivity index (χ3v) is 9.67. The highest BCUT2D eigenvalue weighted by atomic mass is 16.6. The Morgan fingerprint density at radius 3 is 2.16 bits per heavy atom. The number of carbonyl (C=O) groups is 2. The Morgan fingerprint density at radius 2 is 1.56 bits per heavy atom. The van der Waals surface area contributed by atoms with Crippen LogP contribution in [0.15, 0.2) is 30.3 Å². The molecule has 0 N–H and O–H groups in total. The van der Waals surface area contributed by atoms with Gasteiger partial charge in [-0.2, -0.15) is 0 Å². The third kappa shape index (κ3) is 3.31. The molecule has 7 rings (SSSR count). The first-order valence-electron chi connectivity index (χ1n) is 12.8. The Hall–Kier alpha value is -1.84. The molecule has 2 heterocycles. The van der Waals surface area contributed by atoms with Gasteiger partial charge in [-0.3, -0.25) is 4.79 Å². The van der Waals surface area contributed by atoms with Crippen LogP contribution in [0.5, 0.6) is 0 Å². The third-order valence-electron chi connectivity index (χ3n) is 9.67. The molecule has 1 aromatic carbocycles. The first kappa shape index (κ1) is 20.7. The largest absolute Gasteiger partial charge is 0.445 e. The molecule has 4 aliphatic carbocycles. The van der Waals surface area contributed by atoms with Gasteiger partial charge in [-0.1, -0.05) is 44.2 Å². The lowest BCUT2D eigenvalue weighted by Gasteiger charge is -2.65. The van der Waals surface area contributed by atoms with Gasteiger partial charge >= 0.3 is 6.09 Å². The maximum Gasteiger partial charge on any atom is 0.410 e. The van der Waals surface area contributed by atoms with E-state index in [1.807, 2.05) is 35.2 Å². The summed E-state index contributed by atoms with van der Waals surface area (Å²) in [5.74, 6) is 1.44. The summed E-state index contributed by atoms with van der Waals surface area (Å²) in [6.45, 7) is 5.22. The second-order valence-electron chi connectivity index (χ2n) is 12.8. The highest BCUT2D eigenvalue weighted by Gasteiger charge is 2.63. The van der Waals surface area contributed by atoms with Crippen LogP contribution in [0, 0.1) is 28.1 Å². The Balaban J connectivity index is 1.15. The summed E-state index contributed by atoms with van der Waals surface area (Å²) in [5, 5.41) is 0. The normalized spacial score (nSPS) is 44.0. The SMILES string of the molecule is CC12CC3CC(C)(C1)CC(C(=O)C1CC4CCC(C1)N4C(=O)OCc1ccccc1)(C3)C2. The molecule has 4 atom stereocenters. The zero-order valence-electron chi connectivity index (χ0n) is 19.6. The van der Waals surface area contributed by atoms with Gasteiger partial charge in [0, 0.05) is 23.4 Å². The van der Waals surface area contributed by atoms with Crippen LogP contribution in [0.1, 0.15) is 83.6 Å². The van der Waals surface area contributed by atoms with Gasteiger partial charge < -0.3 is 9.64 Å². The van der Waals surface area contributed by atoms with Gasteiger partial charge in [0.1, 0.15) is 12.4 Å². The maximum absolute atomic E-state index is 14.1. The van der Waals surface area contributed by atoms with Gasteiger partial charge in [0.2, 0.25) is 0 Å². The number of amides is 1. The number of ketones is 1. The van der Waals surface area contributed by atoms with Crippen LogP contribution in [0.25, 0.3) is 0 Å². The number of hydrogen-bond donors (Lipinski definition) is 0. The van der Waals surface area contributed by atoms with E-state index < -0.39 is 0 Å². The quantitative estimate of drug-likeness (QED) is 0.571. The average molecular weight is 436 g/mol. The van der Waals surface area contributed by atoms with Crippen molar-refractivity contribution in [2.45, 2.75) is 96.7 Å². The van der Waals surface area contributed by atoms with Gasteiger partial charge in [0.25, 0.3) is 0 Å². The summed E-state index contributed by atoms with van der Waals surface area (Å²) < 4.78 is 5.67. The van der Waals surface area contributed by atoms with Crippen LogP contribution in [0.3, 0.4) is 0 Å². The van der Waals surface area contributed by atoms with E-state index in [-0.39, 0.29) is 29.5 Å². The molecule has 0 spiro atoms. The van der Waals surface area contributed by atoms with Crippen molar-refractivity contribution < 1.29 is 14.3 Å². The van der Waals surface area contributed by atoms with Gasteiger partial charge in [0.05, 0.1) is 0 Å². The van der Waals surface area contributed by atoms with Crippen LogP contribution in [0.2, 0.25) is 0 Å². The monoisotopic (exact) mass is 435 g/mol. The molecule has 6 bridgehead atoms. The summed E-state index contributed by atoms with van der Waals surface area (Å²) in [7, 11) is 0. The number of hydrogen-bond acceptors (Lipinski definition) is 3. The summed E-state index contributed by atoms with van der Waals surface area (Å²) in [4.78, 5) is 29.0. The molecule has 4 heteroatoms. The van der Waals surface area contributed by atoms with Crippen LogP contribution in [0.4, 0.5) is 4.79 Å². The Morgan fingerprint density at radius 1 is 0.938 bits per heavy atom. The van der Waals surface area contributed by atoms with Crippen LogP contribution >= 0.6 is 0 Å². The Labute approximate surface area is 192 Å². The predicted octanol–water partition coefficient (Wildman–Crippen LogP) is 6.13. The Kier molecular flexibility index (Phi) is 4.59. The van der Waals surface area contributed by atoms with Crippen molar-refractivity contribution in [3.8, 4) is 0 Å². The maximum atomic E-state index is 14.1. The Bertz CT molecular complexity index is 894. The summed E-state index contributed by atoms with van der Waals surface area (Å²) >= 11 is 0. The molecule has 2 aliphatic heterocycles. The number of fused-ring (bicyclic) bond motifs is 2. The minimum Gasteiger partial charge on any atom is -0.445 e. The second-order valence-corrected chi connectivity index (χ2v) is 12.8. The van der Waals surface area contributed by atoms with Crippen molar-refractivity contribution in [1.29, 1.82) is 0 Å². The number of rotatable bonds is 4. The first-order valence-corrected chi connectivity index (χ1v) is 12.8. The molecular weight excluding hydrogens is 398 g/mol. The molecule has 2 saturated heterocycles. The predicted molar refractivity (Wildman–Crippen MR) is 123 cm³/mol. The molecule has 6 fully saturated rings. The second kappa shape index (κ2) is 7.08. The van der Waals surface area contributed by atoms with Gasteiger partial charge in [-0.05, 0) is 86.5 Å². The zero-order chi connectivity index (χ0) is 22.1. The number of Topliss-reactive ketones (excluding diaryl/α,β-unsaturated/α-hetero) is 1. The molecule has 4 nitrogen and oxygen atoms in total. The molecule has 32 heavy (non-hydrogen) atoms. The number of piperidine rings is 1. The van der Waals surface area contributed by atoms with Crippen molar-refractivity contribution >= 4 is 11.9 Å². The zero-order valence-corrected chi connectivity index (χ0v) is 19.6.